The van der Waals surface area contributed by atoms with Gasteiger partial charge in [0.25, 0.3) is 5.69 Å². The maximum absolute atomic E-state index is 13.1. The number of hydrogen-bond acceptors (Lipinski definition) is 7. The number of para-hydroxylation sites is 1. The molecule has 0 N–H and O–H groups in total. The molecule has 0 unspecified atom stereocenters. The van der Waals surface area contributed by atoms with Gasteiger partial charge in [0.15, 0.2) is 11.5 Å². The molecule has 0 spiro atoms. The Morgan fingerprint density at radius 1 is 1.00 bits per heavy atom. The van der Waals surface area contributed by atoms with Gasteiger partial charge in [-0.05, 0) is 43.5 Å². The van der Waals surface area contributed by atoms with E-state index in [-0.39, 0.29) is 17.5 Å². The molecule has 0 atom stereocenters. The zero-order valence-electron chi connectivity index (χ0n) is 20.2. The van der Waals surface area contributed by atoms with E-state index in [1.165, 1.54) is 6.07 Å². The van der Waals surface area contributed by atoms with E-state index in [9.17, 15) is 14.9 Å². The van der Waals surface area contributed by atoms with Crippen molar-refractivity contribution in [3.05, 3.63) is 57.6 Å². The van der Waals surface area contributed by atoms with Gasteiger partial charge < -0.3 is 9.80 Å². The van der Waals surface area contributed by atoms with E-state index >= 15 is 0 Å². The molecule has 1 saturated heterocycles. The molecule has 2 aliphatic rings. The number of hydrogen-bond donors (Lipinski definition) is 0. The molecular formula is C26H26ClN7O3. The Labute approximate surface area is 218 Å². The molecule has 1 aliphatic carbocycles. The highest BCUT2D eigenvalue weighted by Gasteiger charge is 2.30. The van der Waals surface area contributed by atoms with Crippen LogP contribution >= 0.6 is 11.6 Å². The Hall–Kier alpha value is -3.79. The summed E-state index contributed by atoms with van der Waals surface area (Å²) in [5.41, 5.74) is 1.53. The first-order valence-corrected chi connectivity index (χ1v) is 13.0. The van der Waals surface area contributed by atoms with Crippen molar-refractivity contribution in [3.8, 4) is 11.4 Å². The Morgan fingerprint density at radius 2 is 1.81 bits per heavy atom. The average molecular weight is 520 g/mol. The monoisotopic (exact) mass is 519 g/mol. The fourth-order valence-corrected chi connectivity index (χ4v) is 5.74. The van der Waals surface area contributed by atoms with Gasteiger partial charge in [0.05, 0.1) is 16.0 Å². The molecule has 6 rings (SSSR count). The summed E-state index contributed by atoms with van der Waals surface area (Å²) in [5.74, 6) is 1.33. The van der Waals surface area contributed by atoms with Crippen molar-refractivity contribution < 1.29 is 9.72 Å². The Balaban J connectivity index is 1.46. The number of nitrogens with zero attached hydrogens (tertiary/aromatic N) is 7. The Bertz CT molecular complexity index is 1520. The summed E-state index contributed by atoms with van der Waals surface area (Å²) in [7, 11) is 0. The third-order valence-corrected chi connectivity index (χ3v) is 7.66. The number of amides is 1. The predicted molar refractivity (Wildman–Crippen MR) is 141 cm³/mol. The van der Waals surface area contributed by atoms with Crippen molar-refractivity contribution >= 4 is 45.7 Å². The van der Waals surface area contributed by atoms with Crippen LogP contribution in [0.25, 0.3) is 27.9 Å². The van der Waals surface area contributed by atoms with Crippen LogP contribution in [0.4, 0.5) is 11.6 Å². The van der Waals surface area contributed by atoms with Crippen molar-refractivity contribution in [2.75, 3.05) is 31.1 Å². The molecule has 10 nitrogen and oxygen atoms in total. The highest BCUT2D eigenvalue weighted by Crippen LogP contribution is 2.34. The predicted octanol–water partition coefficient (Wildman–Crippen LogP) is 4.74. The third-order valence-electron chi connectivity index (χ3n) is 7.42. The van der Waals surface area contributed by atoms with Gasteiger partial charge in [-0.1, -0.05) is 36.6 Å². The lowest BCUT2D eigenvalue weighted by Gasteiger charge is -2.25. The summed E-state index contributed by atoms with van der Waals surface area (Å²) in [6.07, 6.45) is 5.00. The van der Waals surface area contributed by atoms with Crippen molar-refractivity contribution in [2.24, 2.45) is 5.92 Å². The molecular weight excluding hydrogens is 494 g/mol. The Kier molecular flexibility index (Phi) is 6.11. The number of anilines is 1. The lowest BCUT2D eigenvalue weighted by Crippen LogP contribution is -2.38. The number of aromatic nitrogens is 4. The molecule has 11 heteroatoms. The largest absolute Gasteiger partial charge is 0.341 e. The number of fused-ring (bicyclic) bond motifs is 3. The first-order chi connectivity index (χ1) is 18.0. The van der Waals surface area contributed by atoms with Crippen molar-refractivity contribution in [2.45, 2.75) is 32.1 Å². The number of nitro benzene ring substituents is 1. The van der Waals surface area contributed by atoms with E-state index in [0.717, 1.165) is 37.5 Å². The van der Waals surface area contributed by atoms with Crippen LogP contribution in [-0.2, 0) is 4.79 Å². The van der Waals surface area contributed by atoms with Gasteiger partial charge in [0, 0.05) is 48.6 Å². The average Bonchev–Trinajstić information content (AvgIpc) is 3.53. The highest BCUT2D eigenvalue weighted by molar-refractivity contribution is 6.31. The van der Waals surface area contributed by atoms with Gasteiger partial charge in [-0.25, -0.2) is 9.38 Å². The fraction of sp³-hybridized carbons (Fsp3) is 0.385. The molecule has 2 fully saturated rings. The minimum atomic E-state index is -0.414. The number of halogens is 1. The van der Waals surface area contributed by atoms with Crippen molar-refractivity contribution in [1.82, 2.24) is 24.5 Å². The lowest BCUT2D eigenvalue weighted by molar-refractivity contribution is -0.384. The van der Waals surface area contributed by atoms with Crippen LogP contribution in [0.3, 0.4) is 0 Å². The fourth-order valence-electron chi connectivity index (χ4n) is 5.57. The normalized spacial score (nSPS) is 17.0. The number of carbonyl (C=O) groups excluding carboxylic acids is 1. The Morgan fingerprint density at radius 3 is 2.62 bits per heavy atom. The summed E-state index contributed by atoms with van der Waals surface area (Å²) in [4.78, 5) is 33.6. The number of nitro groups is 1. The van der Waals surface area contributed by atoms with Crippen LogP contribution < -0.4 is 4.90 Å². The van der Waals surface area contributed by atoms with Crippen LogP contribution in [0.2, 0.25) is 5.02 Å². The molecule has 0 radical (unpaired) electrons. The van der Waals surface area contributed by atoms with E-state index in [1.54, 1.807) is 34.7 Å². The van der Waals surface area contributed by atoms with Gasteiger partial charge in [-0.15, -0.1) is 10.2 Å². The smallest absolute Gasteiger partial charge is 0.280 e. The molecule has 1 aliphatic heterocycles. The third kappa shape index (κ3) is 4.25. The summed E-state index contributed by atoms with van der Waals surface area (Å²) >= 11 is 6.29. The van der Waals surface area contributed by atoms with Crippen molar-refractivity contribution in [1.29, 1.82) is 0 Å². The van der Waals surface area contributed by atoms with Gasteiger partial charge in [0.2, 0.25) is 11.9 Å². The molecule has 4 aromatic rings. The molecule has 2 aromatic heterocycles. The summed E-state index contributed by atoms with van der Waals surface area (Å²) < 4.78 is 1.80. The molecule has 37 heavy (non-hydrogen) atoms. The van der Waals surface area contributed by atoms with Crippen LogP contribution in [0.5, 0.6) is 0 Å². The SMILES string of the molecule is O=C(C1CCCC1)N1CCCN(c2nc3cc(Cl)ccc3c3nnc(-c4ccccc4[N+](=O)[O-])n23)CC1. The lowest BCUT2D eigenvalue weighted by atomic mass is 10.1. The van der Waals surface area contributed by atoms with Crippen LogP contribution in [0.1, 0.15) is 32.1 Å². The quantitative estimate of drug-likeness (QED) is 0.283. The van der Waals surface area contributed by atoms with E-state index in [1.807, 2.05) is 11.0 Å². The van der Waals surface area contributed by atoms with Crippen molar-refractivity contribution in [3.63, 3.8) is 0 Å². The second-order valence-electron chi connectivity index (χ2n) is 9.68. The standard InChI is InChI=1S/C26H26ClN7O3/c27-18-10-11-19-21(16-18)28-26(32-13-5-12-31(14-15-32)25(35)17-6-1-2-7-17)33-23(19)29-30-24(33)20-8-3-4-9-22(20)34(36)37/h3-4,8-11,16-17H,1-2,5-7,12-15H2. The van der Waals surface area contributed by atoms with Gasteiger partial charge >= 0.3 is 0 Å². The highest BCUT2D eigenvalue weighted by atomic mass is 35.5. The minimum absolute atomic E-state index is 0.0526. The summed E-state index contributed by atoms with van der Waals surface area (Å²) in [6.45, 7) is 2.56. The van der Waals surface area contributed by atoms with Crippen LogP contribution in [0.15, 0.2) is 42.5 Å². The molecule has 190 valence electrons. The number of carbonyl (C=O) groups is 1. The second-order valence-corrected chi connectivity index (χ2v) is 10.1. The van der Waals surface area contributed by atoms with E-state index < -0.39 is 4.92 Å². The molecule has 1 saturated carbocycles. The molecule has 0 bridgehead atoms. The minimum Gasteiger partial charge on any atom is -0.341 e. The first kappa shape index (κ1) is 23.6. The molecule has 1 amide bonds. The molecule has 2 aromatic carbocycles. The molecule has 3 heterocycles. The van der Waals surface area contributed by atoms with E-state index in [0.29, 0.717) is 59.7 Å². The zero-order valence-corrected chi connectivity index (χ0v) is 21.0. The van der Waals surface area contributed by atoms with Crippen LogP contribution in [-0.4, -0.2) is 61.5 Å². The maximum Gasteiger partial charge on any atom is 0.280 e. The number of rotatable bonds is 4. The number of benzene rings is 2. The topological polar surface area (TPSA) is 110 Å². The second kappa shape index (κ2) is 9.59. The zero-order chi connectivity index (χ0) is 25.5. The maximum atomic E-state index is 13.1. The summed E-state index contributed by atoms with van der Waals surface area (Å²) in [5, 5.41) is 22.0. The summed E-state index contributed by atoms with van der Waals surface area (Å²) in [6, 6.07) is 11.9. The van der Waals surface area contributed by atoms with Gasteiger partial charge in [0.1, 0.15) is 0 Å². The van der Waals surface area contributed by atoms with Crippen LogP contribution in [0, 0.1) is 16.0 Å². The first-order valence-electron chi connectivity index (χ1n) is 12.6. The van der Waals surface area contributed by atoms with Gasteiger partial charge in [-0.2, -0.15) is 0 Å². The van der Waals surface area contributed by atoms with E-state index in [2.05, 4.69) is 15.1 Å². The van der Waals surface area contributed by atoms with Gasteiger partial charge in [-0.3, -0.25) is 14.9 Å². The van der Waals surface area contributed by atoms with E-state index in [4.69, 9.17) is 16.6 Å².